The topological polar surface area (TPSA) is 71.6 Å². The van der Waals surface area contributed by atoms with Crippen LogP contribution in [0.3, 0.4) is 0 Å². The van der Waals surface area contributed by atoms with Gasteiger partial charge in [0.15, 0.2) is 0 Å². The molecule has 24 heavy (non-hydrogen) atoms. The molecule has 6 heteroatoms. The van der Waals surface area contributed by atoms with Crippen molar-refractivity contribution in [3.8, 4) is 11.5 Å². The summed E-state index contributed by atoms with van der Waals surface area (Å²) >= 11 is 0. The molecule has 2 aromatic rings. The quantitative estimate of drug-likeness (QED) is 0.913. The number of aromatic nitrogens is 2. The second-order valence-corrected chi connectivity index (χ2v) is 7.21. The maximum Gasteiger partial charge on any atom is 0.266 e. The largest absolute Gasteiger partial charge is 0.390 e. The van der Waals surface area contributed by atoms with E-state index in [1.165, 1.54) is 0 Å². The summed E-state index contributed by atoms with van der Waals surface area (Å²) in [6.45, 7) is 4.16. The monoisotopic (exact) mass is 329 g/mol. The fourth-order valence-electron chi connectivity index (χ4n) is 3.80. The van der Waals surface area contributed by atoms with Crippen LogP contribution in [0.2, 0.25) is 0 Å². The number of ether oxygens (including phenoxy) is 1. The summed E-state index contributed by atoms with van der Waals surface area (Å²) in [6.07, 6.45) is 3.16. The second kappa shape index (κ2) is 5.86. The lowest BCUT2D eigenvalue weighted by Crippen LogP contribution is -2.53. The molecule has 1 unspecified atom stereocenters. The molecule has 1 N–H and O–H groups in total. The zero-order valence-electron chi connectivity index (χ0n) is 13.9. The van der Waals surface area contributed by atoms with E-state index in [1.807, 2.05) is 37.3 Å². The minimum absolute atomic E-state index is 0.204. The summed E-state index contributed by atoms with van der Waals surface area (Å²) in [7, 11) is 0. The number of hydrogen-bond acceptors (Lipinski definition) is 6. The van der Waals surface area contributed by atoms with E-state index >= 15 is 0 Å². The molecule has 128 valence electrons. The van der Waals surface area contributed by atoms with E-state index < -0.39 is 5.60 Å². The van der Waals surface area contributed by atoms with Crippen molar-refractivity contribution in [3.63, 3.8) is 0 Å². The maximum absolute atomic E-state index is 10.4. The number of hydrogen-bond donors (Lipinski definition) is 1. The van der Waals surface area contributed by atoms with Gasteiger partial charge in [-0.25, -0.2) is 0 Å². The third-order valence-corrected chi connectivity index (χ3v) is 5.15. The van der Waals surface area contributed by atoms with Crippen LogP contribution in [0, 0.1) is 0 Å². The predicted molar refractivity (Wildman–Crippen MR) is 89.7 cm³/mol. The van der Waals surface area contributed by atoms with E-state index in [-0.39, 0.29) is 5.60 Å². The summed E-state index contributed by atoms with van der Waals surface area (Å²) in [5.74, 6) is 1.18. The number of anilines is 1. The molecule has 1 atom stereocenters. The van der Waals surface area contributed by atoms with E-state index in [0.29, 0.717) is 31.3 Å². The Labute approximate surface area is 141 Å². The summed E-state index contributed by atoms with van der Waals surface area (Å²) in [4.78, 5) is 6.66. The number of nitrogens with zero attached hydrogens (tertiary/aromatic N) is 3. The van der Waals surface area contributed by atoms with Crippen LogP contribution < -0.4 is 4.90 Å². The first-order valence-corrected chi connectivity index (χ1v) is 8.56. The third-order valence-electron chi connectivity index (χ3n) is 5.15. The molecule has 2 fully saturated rings. The van der Waals surface area contributed by atoms with Gasteiger partial charge in [-0.15, -0.1) is 0 Å². The molecule has 0 radical (unpaired) electrons. The van der Waals surface area contributed by atoms with Gasteiger partial charge < -0.3 is 19.3 Å². The first kappa shape index (κ1) is 15.6. The summed E-state index contributed by atoms with van der Waals surface area (Å²) < 4.78 is 11.4. The average Bonchev–Trinajstić information content (AvgIpc) is 3.05. The standard InChI is InChI=1S/C18H23N3O3/c1-17(22)9-12-23-18(13-17)7-10-21(11-8-18)16-19-15(24-20-16)14-5-3-2-4-6-14/h2-6,22H,7-13H2,1H3. The normalized spacial score (nSPS) is 26.7. The molecular weight excluding hydrogens is 306 g/mol. The van der Waals surface area contributed by atoms with Crippen molar-refractivity contribution in [2.24, 2.45) is 0 Å². The Bertz CT molecular complexity index is 691. The number of piperidine rings is 1. The van der Waals surface area contributed by atoms with Crippen LogP contribution in [0.4, 0.5) is 5.95 Å². The zero-order chi connectivity index (χ0) is 16.6. The van der Waals surface area contributed by atoms with E-state index in [9.17, 15) is 5.11 Å². The molecule has 2 saturated heterocycles. The first-order valence-electron chi connectivity index (χ1n) is 8.56. The van der Waals surface area contributed by atoms with Crippen LogP contribution in [0.15, 0.2) is 34.9 Å². The highest BCUT2D eigenvalue weighted by Gasteiger charge is 2.44. The van der Waals surface area contributed by atoms with Crippen LogP contribution >= 0.6 is 0 Å². The van der Waals surface area contributed by atoms with Gasteiger partial charge in [-0.2, -0.15) is 4.98 Å². The van der Waals surface area contributed by atoms with Gasteiger partial charge in [-0.3, -0.25) is 0 Å². The van der Waals surface area contributed by atoms with Gasteiger partial charge in [0.2, 0.25) is 0 Å². The number of benzene rings is 1. The predicted octanol–water partition coefficient (Wildman–Crippen LogP) is 2.64. The van der Waals surface area contributed by atoms with Gasteiger partial charge in [0.05, 0.1) is 17.8 Å². The molecule has 0 bridgehead atoms. The van der Waals surface area contributed by atoms with E-state index in [0.717, 1.165) is 31.5 Å². The minimum atomic E-state index is -0.618. The van der Waals surface area contributed by atoms with Gasteiger partial charge in [0.25, 0.3) is 11.8 Å². The Kier molecular flexibility index (Phi) is 3.81. The number of aliphatic hydroxyl groups is 1. The Morgan fingerprint density at radius 1 is 1.12 bits per heavy atom. The van der Waals surface area contributed by atoms with Crippen LogP contribution in [0.5, 0.6) is 0 Å². The molecular formula is C18H23N3O3. The van der Waals surface area contributed by atoms with Gasteiger partial charge in [-0.1, -0.05) is 18.2 Å². The van der Waals surface area contributed by atoms with Crippen molar-refractivity contribution in [3.05, 3.63) is 30.3 Å². The third kappa shape index (κ3) is 3.03. The van der Waals surface area contributed by atoms with E-state index in [1.54, 1.807) is 0 Å². The van der Waals surface area contributed by atoms with E-state index in [2.05, 4.69) is 15.0 Å². The van der Waals surface area contributed by atoms with Crippen molar-refractivity contribution < 1.29 is 14.4 Å². The van der Waals surface area contributed by atoms with Gasteiger partial charge >= 0.3 is 0 Å². The second-order valence-electron chi connectivity index (χ2n) is 7.21. The summed E-state index contributed by atoms with van der Waals surface area (Å²) in [6, 6.07) is 9.79. The van der Waals surface area contributed by atoms with Crippen LogP contribution in [-0.4, -0.2) is 46.1 Å². The molecule has 0 amide bonds. The Hall–Kier alpha value is -1.92. The lowest BCUT2D eigenvalue weighted by Gasteiger charge is -2.48. The summed E-state index contributed by atoms with van der Waals surface area (Å²) in [5.41, 5.74) is 0.105. The van der Waals surface area contributed by atoms with Crippen molar-refractivity contribution in [2.75, 3.05) is 24.6 Å². The Morgan fingerprint density at radius 3 is 2.58 bits per heavy atom. The lowest BCUT2D eigenvalue weighted by molar-refractivity contribution is -0.162. The SMILES string of the molecule is CC1(O)CCOC2(CCN(c3noc(-c4ccccc4)n3)CC2)C1. The Morgan fingerprint density at radius 2 is 1.88 bits per heavy atom. The van der Waals surface area contributed by atoms with Crippen molar-refractivity contribution in [2.45, 2.75) is 43.8 Å². The highest BCUT2D eigenvalue weighted by molar-refractivity contribution is 5.54. The fourth-order valence-corrected chi connectivity index (χ4v) is 3.80. The van der Waals surface area contributed by atoms with Crippen molar-refractivity contribution >= 4 is 5.95 Å². The first-order chi connectivity index (χ1) is 11.6. The molecule has 3 heterocycles. The molecule has 0 aliphatic carbocycles. The highest BCUT2D eigenvalue weighted by atomic mass is 16.5. The fraction of sp³-hybridized carbons (Fsp3) is 0.556. The molecule has 1 aromatic carbocycles. The van der Waals surface area contributed by atoms with Crippen molar-refractivity contribution in [1.82, 2.24) is 10.1 Å². The van der Waals surface area contributed by atoms with Gasteiger partial charge in [-0.05, 0) is 43.5 Å². The smallest absolute Gasteiger partial charge is 0.266 e. The summed E-state index contributed by atoms with van der Waals surface area (Å²) in [5, 5.41) is 14.5. The molecule has 2 aliphatic heterocycles. The molecule has 0 saturated carbocycles. The van der Waals surface area contributed by atoms with Crippen LogP contribution in [-0.2, 0) is 4.74 Å². The maximum atomic E-state index is 10.4. The van der Waals surface area contributed by atoms with Gasteiger partial charge in [0, 0.05) is 25.1 Å². The van der Waals surface area contributed by atoms with E-state index in [4.69, 9.17) is 9.26 Å². The van der Waals surface area contributed by atoms with Crippen LogP contribution in [0.25, 0.3) is 11.5 Å². The minimum Gasteiger partial charge on any atom is -0.390 e. The van der Waals surface area contributed by atoms with Crippen LogP contribution in [0.1, 0.15) is 32.6 Å². The van der Waals surface area contributed by atoms with Crippen molar-refractivity contribution in [1.29, 1.82) is 0 Å². The molecule has 4 rings (SSSR count). The number of rotatable bonds is 2. The lowest BCUT2D eigenvalue weighted by atomic mass is 9.78. The average molecular weight is 329 g/mol. The Balaban J connectivity index is 1.44. The molecule has 1 aromatic heterocycles. The highest BCUT2D eigenvalue weighted by Crippen LogP contribution is 2.40. The van der Waals surface area contributed by atoms with Gasteiger partial charge in [0.1, 0.15) is 0 Å². The molecule has 6 nitrogen and oxygen atoms in total. The molecule has 2 aliphatic rings. The molecule has 1 spiro atoms. The zero-order valence-corrected chi connectivity index (χ0v) is 13.9.